The summed E-state index contributed by atoms with van der Waals surface area (Å²) in [5.41, 5.74) is 2.22. The van der Waals surface area contributed by atoms with E-state index in [-0.39, 0.29) is 10.6 Å². The van der Waals surface area contributed by atoms with Gasteiger partial charge in [0.25, 0.3) is 0 Å². The number of anilines is 2. The molecule has 0 saturated heterocycles. The molecule has 1 N–H and O–H groups in total. The van der Waals surface area contributed by atoms with Crippen molar-refractivity contribution in [3.63, 3.8) is 0 Å². The highest BCUT2D eigenvalue weighted by Crippen LogP contribution is 2.30. The van der Waals surface area contributed by atoms with Crippen LogP contribution < -0.4 is 14.8 Å². The molecule has 0 aliphatic rings. The molecule has 1 heterocycles. The third-order valence-electron chi connectivity index (χ3n) is 5.66. The molecule has 5 aromatic rings. The number of hydrogen-bond acceptors (Lipinski definition) is 7. The first kappa shape index (κ1) is 22.6. The van der Waals surface area contributed by atoms with Gasteiger partial charge in [0.05, 0.1) is 35.8 Å². The Kier molecular flexibility index (Phi) is 5.96. The lowest BCUT2D eigenvalue weighted by Crippen LogP contribution is -2.10. The summed E-state index contributed by atoms with van der Waals surface area (Å²) in [7, 11) is -0.575. The Bertz CT molecular complexity index is 1630. The smallest absolute Gasteiger partial charge is 0.184 e. The summed E-state index contributed by atoms with van der Waals surface area (Å²) >= 11 is 0. The minimum absolute atomic E-state index is 0.236. The van der Waals surface area contributed by atoms with Crippen LogP contribution >= 0.6 is 0 Å². The first-order chi connectivity index (χ1) is 16.9. The van der Waals surface area contributed by atoms with Gasteiger partial charge in [-0.25, -0.2) is 18.4 Å². The molecule has 0 aliphatic carbocycles. The number of aromatic nitrogens is 2. The van der Waals surface area contributed by atoms with Gasteiger partial charge in [0.2, 0.25) is 0 Å². The van der Waals surface area contributed by atoms with Gasteiger partial charge in [0.15, 0.2) is 15.7 Å². The second-order valence-electron chi connectivity index (χ2n) is 8.00. The molecular weight excluding hydrogens is 462 g/mol. The number of methoxy groups -OCH3 is 2. The summed E-state index contributed by atoms with van der Waals surface area (Å²) < 4.78 is 37.6. The van der Waals surface area contributed by atoms with Gasteiger partial charge in [-0.3, -0.25) is 0 Å². The van der Waals surface area contributed by atoms with Crippen molar-refractivity contribution < 1.29 is 17.9 Å². The molecule has 0 radical (unpaired) electrons. The van der Waals surface area contributed by atoms with Crippen LogP contribution in [0.1, 0.15) is 5.69 Å². The molecule has 176 valence electrons. The molecule has 0 saturated carbocycles. The van der Waals surface area contributed by atoms with E-state index in [0.29, 0.717) is 39.7 Å². The van der Waals surface area contributed by atoms with E-state index in [1.165, 1.54) is 0 Å². The molecule has 0 aliphatic heterocycles. The molecule has 35 heavy (non-hydrogen) atoms. The van der Waals surface area contributed by atoms with E-state index in [2.05, 4.69) is 15.3 Å². The number of sulfone groups is 1. The molecule has 8 heteroatoms. The highest BCUT2D eigenvalue weighted by atomic mass is 32.2. The minimum Gasteiger partial charge on any atom is -0.497 e. The highest BCUT2D eigenvalue weighted by Gasteiger charge is 2.21. The van der Waals surface area contributed by atoms with E-state index in [9.17, 15) is 8.42 Å². The second-order valence-corrected chi connectivity index (χ2v) is 9.99. The van der Waals surface area contributed by atoms with Crippen molar-refractivity contribution in [2.24, 2.45) is 0 Å². The van der Waals surface area contributed by atoms with E-state index in [1.54, 1.807) is 44.6 Å². The molecule has 0 bridgehead atoms. The number of hydrogen-bond donors (Lipinski definition) is 1. The highest BCUT2D eigenvalue weighted by molar-refractivity contribution is 7.90. The topological polar surface area (TPSA) is 90.4 Å². The van der Waals surface area contributed by atoms with Gasteiger partial charge in [-0.15, -0.1) is 0 Å². The van der Waals surface area contributed by atoms with Crippen LogP contribution in [0.3, 0.4) is 0 Å². The van der Waals surface area contributed by atoms with Crippen molar-refractivity contribution in [2.45, 2.75) is 10.6 Å². The van der Waals surface area contributed by atoms with E-state index in [4.69, 9.17) is 9.47 Å². The lowest BCUT2D eigenvalue weighted by atomic mass is 10.1. The number of para-hydroxylation sites is 2. The van der Waals surface area contributed by atoms with E-state index >= 15 is 0 Å². The fourth-order valence-electron chi connectivity index (χ4n) is 3.88. The van der Waals surface area contributed by atoms with Crippen molar-refractivity contribution in [2.75, 3.05) is 19.5 Å². The molecule has 0 fully saturated rings. The Labute approximate surface area is 203 Å². The number of benzene rings is 4. The first-order valence-corrected chi connectivity index (χ1v) is 12.6. The third kappa shape index (κ3) is 4.74. The van der Waals surface area contributed by atoms with Crippen molar-refractivity contribution >= 4 is 43.1 Å². The van der Waals surface area contributed by atoms with Gasteiger partial charge in [-0.1, -0.05) is 42.5 Å². The maximum atomic E-state index is 13.5. The Morgan fingerprint density at radius 2 is 1.37 bits per heavy atom. The maximum Gasteiger partial charge on any atom is 0.184 e. The van der Waals surface area contributed by atoms with Crippen LogP contribution in [0.4, 0.5) is 11.5 Å². The molecule has 5 rings (SSSR count). The molecule has 4 aromatic carbocycles. The number of ether oxygens (including phenoxy) is 2. The zero-order chi connectivity index (χ0) is 24.4. The van der Waals surface area contributed by atoms with Crippen LogP contribution in [0.25, 0.3) is 21.8 Å². The van der Waals surface area contributed by atoms with Gasteiger partial charge in [0, 0.05) is 23.9 Å². The number of nitrogens with one attached hydrogen (secondary N) is 1. The molecule has 1 aromatic heterocycles. The van der Waals surface area contributed by atoms with Crippen molar-refractivity contribution in [1.29, 1.82) is 0 Å². The number of fused-ring (bicyclic) bond motifs is 2. The summed E-state index contributed by atoms with van der Waals surface area (Å²) in [6, 6.07) is 25.5. The lowest BCUT2D eigenvalue weighted by molar-refractivity contribution is 0.395. The Morgan fingerprint density at radius 3 is 2.06 bits per heavy atom. The van der Waals surface area contributed by atoms with Crippen LogP contribution in [0.2, 0.25) is 0 Å². The van der Waals surface area contributed by atoms with Crippen LogP contribution in [0.5, 0.6) is 11.5 Å². The Balaban J connectivity index is 1.58. The Morgan fingerprint density at radius 1 is 0.743 bits per heavy atom. The second kappa shape index (κ2) is 9.23. The predicted molar refractivity (Wildman–Crippen MR) is 137 cm³/mol. The van der Waals surface area contributed by atoms with Crippen molar-refractivity contribution in [3.8, 4) is 11.5 Å². The zero-order valence-corrected chi connectivity index (χ0v) is 20.0. The standard InChI is InChI=1S/C27H23N3O4S/c1-33-21-14-20(15-22(16-21)34-2)28-27-26(29-24-9-5-6-10-25(24)30-27)17-35(31,32)23-12-11-18-7-3-4-8-19(18)13-23/h3-16H,17H2,1-2H3,(H,28,30). The first-order valence-electron chi connectivity index (χ1n) is 10.9. The van der Waals surface area contributed by atoms with Crippen LogP contribution in [-0.4, -0.2) is 32.6 Å². The van der Waals surface area contributed by atoms with Gasteiger partial charge in [0.1, 0.15) is 17.3 Å². The fourth-order valence-corrected chi connectivity index (χ4v) is 5.19. The largest absolute Gasteiger partial charge is 0.497 e. The summed E-state index contributed by atoms with van der Waals surface area (Å²) in [5.74, 6) is 1.22. The monoisotopic (exact) mass is 485 g/mol. The molecule has 7 nitrogen and oxygen atoms in total. The third-order valence-corrected chi connectivity index (χ3v) is 7.29. The molecular formula is C27H23N3O4S. The molecule has 0 amide bonds. The van der Waals surface area contributed by atoms with Crippen LogP contribution in [0, 0.1) is 0 Å². The molecule has 0 atom stereocenters. The molecule has 0 spiro atoms. The number of rotatable bonds is 7. The lowest BCUT2D eigenvalue weighted by Gasteiger charge is -2.14. The van der Waals surface area contributed by atoms with Crippen LogP contribution in [0.15, 0.2) is 89.8 Å². The summed E-state index contributed by atoms with van der Waals surface area (Å²) in [6.07, 6.45) is 0. The quantitative estimate of drug-likeness (QED) is 0.325. The summed E-state index contributed by atoms with van der Waals surface area (Å²) in [6.45, 7) is 0. The summed E-state index contributed by atoms with van der Waals surface area (Å²) in [5, 5.41) is 5.06. The van der Waals surface area contributed by atoms with Gasteiger partial charge >= 0.3 is 0 Å². The van der Waals surface area contributed by atoms with Gasteiger partial charge in [-0.2, -0.15) is 0 Å². The van der Waals surface area contributed by atoms with Crippen molar-refractivity contribution in [3.05, 3.63) is 90.6 Å². The predicted octanol–water partition coefficient (Wildman–Crippen LogP) is 5.52. The average molecular weight is 486 g/mol. The number of nitrogens with zero attached hydrogens (tertiary/aromatic N) is 2. The molecule has 0 unspecified atom stereocenters. The maximum absolute atomic E-state index is 13.5. The Hall–Kier alpha value is -4.17. The van der Waals surface area contributed by atoms with E-state index in [0.717, 1.165) is 10.8 Å². The minimum atomic E-state index is -3.71. The van der Waals surface area contributed by atoms with E-state index < -0.39 is 9.84 Å². The zero-order valence-electron chi connectivity index (χ0n) is 19.2. The van der Waals surface area contributed by atoms with E-state index in [1.807, 2.05) is 54.6 Å². The van der Waals surface area contributed by atoms with Gasteiger partial charge in [-0.05, 0) is 35.0 Å². The SMILES string of the molecule is COc1cc(Nc2nc3ccccc3nc2CS(=O)(=O)c2ccc3ccccc3c2)cc(OC)c1. The van der Waals surface area contributed by atoms with Crippen LogP contribution in [-0.2, 0) is 15.6 Å². The summed E-state index contributed by atoms with van der Waals surface area (Å²) in [4.78, 5) is 9.59. The normalized spacial score (nSPS) is 11.5. The fraction of sp³-hybridized carbons (Fsp3) is 0.111. The average Bonchev–Trinajstić information content (AvgIpc) is 2.88. The van der Waals surface area contributed by atoms with Crippen molar-refractivity contribution in [1.82, 2.24) is 9.97 Å². The van der Waals surface area contributed by atoms with Gasteiger partial charge < -0.3 is 14.8 Å².